The highest BCUT2D eigenvalue weighted by Gasteiger charge is 2.11. The van der Waals surface area contributed by atoms with E-state index in [1.807, 2.05) is 32.0 Å². The Bertz CT molecular complexity index is 796. The van der Waals surface area contributed by atoms with Gasteiger partial charge in [-0.05, 0) is 43.7 Å². The standard InChI is InChI=1S/C18H17Cl2NO3S/c1-11-3-4-12(2)16(7-11)25-10-18(23)24-9-17(22)21-15-6-5-13(19)8-14(15)20/h3-8H,9-10H2,1-2H3,(H,21,22). The molecule has 2 rings (SSSR count). The molecular formula is C18H17Cl2NO3S. The number of amides is 1. The molecule has 2 aromatic rings. The SMILES string of the molecule is Cc1ccc(C)c(SCC(=O)OCC(=O)Nc2ccc(Cl)cc2Cl)c1. The molecule has 4 nitrogen and oxygen atoms in total. The summed E-state index contributed by atoms with van der Waals surface area (Å²) < 4.78 is 4.99. The highest BCUT2D eigenvalue weighted by Crippen LogP contribution is 2.25. The summed E-state index contributed by atoms with van der Waals surface area (Å²) in [7, 11) is 0. The Kier molecular flexibility index (Phi) is 7.17. The monoisotopic (exact) mass is 397 g/mol. The zero-order valence-corrected chi connectivity index (χ0v) is 16.1. The molecule has 1 amide bonds. The van der Waals surface area contributed by atoms with E-state index in [4.69, 9.17) is 27.9 Å². The third-order valence-corrected chi connectivity index (χ3v) is 4.94. The lowest BCUT2D eigenvalue weighted by Crippen LogP contribution is -2.21. The Morgan fingerprint density at radius 2 is 1.88 bits per heavy atom. The largest absolute Gasteiger partial charge is 0.455 e. The van der Waals surface area contributed by atoms with Gasteiger partial charge in [-0.2, -0.15) is 0 Å². The van der Waals surface area contributed by atoms with Crippen LogP contribution in [0.5, 0.6) is 0 Å². The molecule has 0 aliphatic rings. The number of ether oxygens (including phenoxy) is 1. The normalized spacial score (nSPS) is 10.4. The van der Waals surface area contributed by atoms with Gasteiger partial charge in [0.1, 0.15) is 0 Å². The van der Waals surface area contributed by atoms with E-state index in [1.165, 1.54) is 17.8 Å². The maximum absolute atomic E-state index is 11.8. The van der Waals surface area contributed by atoms with Gasteiger partial charge in [-0.15, -0.1) is 11.8 Å². The van der Waals surface area contributed by atoms with Crippen molar-refractivity contribution in [2.24, 2.45) is 0 Å². The number of nitrogens with one attached hydrogen (secondary N) is 1. The molecule has 0 aliphatic heterocycles. The van der Waals surface area contributed by atoms with Crippen LogP contribution < -0.4 is 5.32 Å². The summed E-state index contributed by atoms with van der Waals surface area (Å²) in [4.78, 5) is 24.7. The van der Waals surface area contributed by atoms with E-state index in [2.05, 4.69) is 5.32 Å². The fourth-order valence-corrected chi connectivity index (χ4v) is 3.34. The van der Waals surface area contributed by atoms with Crippen molar-refractivity contribution in [2.75, 3.05) is 17.7 Å². The first-order chi connectivity index (χ1) is 11.8. The average Bonchev–Trinajstić information content (AvgIpc) is 2.56. The molecule has 0 unspecified atom stereocenters. The Morgan fingerprint density at radius 1 is 1.12 bits per heavy atom. The van der Waals surface area contributed by atoms with Crippen LogP contribution in [-0.2, 0) is 14.3 Å². The minimum Gasteiger partial charge on any atom is -0.455 e. The summed E-state index contributed by atoms with van der Waals surface area (Å²) >= 11 is 13.2. The Balaban J connectivity index is 1.79. The van der Waals surface area contributed by atoms with E-state index in [9.17, 15) is 9.59 Å². The smallest absolute Gasteiger partial charge is 0.316 e. The summed E-state index contributed by atoms with van der Waals surface area (Å²) in [5, 5.41) is 3.36. The fourth-order valence-electron chi connectivity index (χ4n) is 1.96. The molecule has 0 atom stereocenters. The third kappa shape index (κ3) is 6.27. The number of carbonyl (C=O) groups is 2. The summed E-state index contributed by atoms with van der Waals surface area (Å²) in [6.07, 6.45) is 0. The molecule has 0 bridgehead atoms. The van der Waals surface area contributed by atoms with Crippen LogP contribution in [0.2, 0.25) is 10.0 Å². The molecule has 0 radical (unpaired) electrons. The van der Waals surface area contributed by atoms with Crippen molar-refractivity contribution < 1.29 is 14.3 Å². The quantitative estimate of drug-likeness (QED) is 0.557. The van der Waals surface area contributed by atoms with Crippen molar-refractivity contribution in [2.45, 2.75) is 18.7 Å². The topological polar surface area (TPSA) is 55.4 Å². The van der Waals surface area contributed by atoms with E-state index in [1.54, 1.807) is 12.1 Å². The van der Waals surface area contributed by atoms with E-state index in [0.29, 0.717) is 15.7 Å². The van der Waals surface area contributed by atoms with E-state index in [0.717, 1.165) is 16.0 Å². The molecular weight excluding hydrogens is 381 g/mol. The fraction of sp³-hybridized carbons (Fsp3) is 0.222. The molecule has 0 saturated carbocycles. The first-order valence-electron chi connectivity index (χ1n) is 7.45. The van der Waals surface area contributed by atoms with E-state index < -0.39 is 11.9 Å². The van der Waals surface area contributed by atoms with Crippen LogP contribution in [0.25, 0.3) is 0 Å². The molecule has 25 heavy (non-hydrogen) atoms. The molecule has 7 heteroatoms. The lowest BCUT2D eigenvalue weighted by molar-refractivity contribution is -0.144. The number of esters is 1. The first kappa shape index (κ1) is 19.6. The molecule has 132 valence electrons. The molecule has 0 fully saturated rings. The second kappa shape index (κ2) is 9.13. The van der Waals surface area contributed by atoms with Gasteiger partial charge in [0.05, 0.1) is 16.5 Å². The van der Waals surface area contributed by atoms with Gasteiger partial charge >= 0.3 is 5.97 Å². The van der Waals surface area contributed by atoms with Crippen molar-refractivity contribution in [1.29, 1.82) is 0 Å². The van der Waals surface area contributed by atoms with Crippen molar-refractivity contribution in [3.8, 4) is 0 Å². The van der Waals surface area contributed by atoms with Crippen LogP contribution in [0.15, 0.2) is 41.3 Å². The van der Waals surface area contributed by atoms with Crippen molar-refractivity contribution in [3.05, 3.63) is 57.6 Å². The van der Waals surface area contributed by atoms with E-state index >= 15 is 0 Å². The van der Waals surface area contributed by atoms with Crippen LogP contribution in [0.1, 0.15) is 11.1 Å². The number of benzene rings is 2. The summed E-state index contributed by atoms with van der Waals surface area (Å²) in [5.41, 5.74) is 2.64. The number of thioether (sulfide) groups is 1. The zero-order chi connectivity index (χ0) is 18.4. The van der Waals surface area contributed by atoms with Gasteiger partial charge in [0.25, 0.3) is 5.91 Å². The van der Waals surface area contributed by atoms with Crippen LogP contribution in [0.3, 0.4) is 0 Å². The van der Waals surface area contributed by atoms with Gasteiger partial charge in [-0.1, -0.05) is 40.9 Å². The lowest BCUT2D eigenvalue weighted by atomic mass is 10.2. The summed E-state index contributed by atoms with van der Waals surface area (Å²) in [6.45, 7) is 3.61. The number of anilines is 1. The van der Waals surface area contributed by atoms with Crippen molar-refractivity contribution in [1.82, 2.24) is 0 Å². The predicted molar refractivity (Wildman–Crippen MR) is 103 cm³/mol. The molecule has 0 spiro atoms. The molecule has 0 saturated heterocycles. The molecule has 0 aliphatic carbocycles. The Hall–Kier alpha value is -1.69. The summed E-state index contributed by atoms with van der Waals surface area (Å²) in [5.74, 6) is -0.781. The molecule has 1 N–H and O–H groups in total. The van der Waals surface area contributed by atoms with Crippen LogP contribution in [0, 0.1) is 13.8 Å². The number of rotatable bonds is 6. The highest BCUT2D eigenvalue weighted by molar-refractivity contribution is 8.00. The van der Waals surface area contributed by atoms with Gasteiger partial charge in [0, 0.05) is 9.92 Å². The number of aryl methyl sites for hydroxylation is 2. The summed E-state index contributed by atoms with van der Waals surface area (Å²) in [6, 6.07) is 10.8. The van der Waals surface area contributed by atoms with Crippen LogP contribution in [0.4, 0.5) is 5.69 Å². The molecule has 0 aromatic heterocycles. The van der Waals surface area contributed by atoms with Gasteiger partial charge in [0.2, 0.25) is 0 Å². The van der Waals surface area contributed by atoms with E-state index in [-0.39, 0.29) is 12.4 Å². The third-order valence-electron chi connectivity index (χ3n) is 3.26. The Morgan fingerprint density at radius 3 is 2.60 bits per heavy atom. The van der Waals surface area contributed by atoms with Crippen molar-refractivity contribution >= 4 is 52.5 Å². The maximum atomic E-state index is 11.8. The number of halogens is 2. The second-order valence-electron chi connectivity index (χ2n) is 5.39. The molecule has 0 heterocycles. The minimum absolute atomic E-state index is 0.138. The second-order valence-corrected chi connectivity index (χ2v) is 7.25. The van der Waals surface area contributed by atoms with Crippen molar-refractivity contribution in [3.63, 3.8) is 0 Å². The average molecular weight is 398 g/mol. The minimum atomic E-state index is -0.464. The maximum Gasteiger partial charge on any atom is 0.316 e. The van der Waals surface area contributed by atoms with Gasteiger partial charge in [-0.25, -0.2) is 0 Å². The number of carbonyl (C=O) groups excluding carboxylic acids is 2. The number of hydrogen-bond acceptors (Lipinski definition) is 4. The highest BCUT2D eigenvalue weighted by atomic mass is 35.5. The van der Waals surface area contributed by atoms with Gasteiger partial charge in [0.15, 0.2) is 6.61 Å². The number of hydrogen-bond donors (Lipinski definition) is 1. The predicted octanol–water partition coefficient (Wildman–Crippen LogP) is 4.88. The van der Waals surface area contributed by atoms with Gasteiger partial charge in [-0.3, -0.25) is 9.59 Å². The van der Waals surface area contributed by atoms with Crippen LogP contribution in [-0.4, -0.2) is 24.2 Å². The Labute approximate surface area is 160 Å². The van der Waals surface area contributed by atoms with Crippen LogP contribution >= 0.6 is 35.0 Å². The first-order valence-corrected chi connectivity index (χ1v) is 9.20. The van der Waals surface area contributed by atoms with Gasteiger partial charge < -0.3 is 10.1 Å². The lowest BCUT2D eigenvalue weighted by Gasteiger charge is -2.09. The zero-order valence-electron chi connectivity index (χ0n) is 13.8. The molecule has 2 aromatic carbocycles.